The van der Waals surface area contributed by atoms with Crippen molar-refractivity contribution < 1.29 is 17.9 Å². The van der Waals surface area contributed by atoms with Gasteiger partial charge >= 0.3 is 0 Å². The molecule has 0 spiro atoms. The number of hydrogen-bond acceptors (Lipinski definition) is 7. The molecule has 0 bridgehead atoms. The number of morpholine rings is 1. The maximum absolute atomic E-state index is 12.5. The minimum Gasteiger partial charge on any atom is -0.373 e. The summed E-state index contributed by atoms with van der Waals surface area (Å²) < 4.78 is 33.4. The molecule has 27 heavy (non-hydrogen) atoms. The SMILES string of the molecule is CC1CN(S(=O)(=O)CCNC(=O)c2ccccc2-n2cnnn2)CC(C)O1. The third-order valence-electron chi connectivity index (χ3n) is 4.17. The normalized spacial score (nSPS) is 21.1. The van der Waals surface area contributed by atoms with E-state index in [4.69, 9.17) is 4.74 Å². The Morgan fingerprint density at radius 1 is 1.26 bits per heavy atom. The molecule has 2 unspecified atom stereocenters. The van der Waals surface area contributed by atoms with Crippen molar-refractivity contribution >= 4 is 15.9 Å². The van der Waals surface area contributed by atoms with E-state index in [0.29, 0.717) is 24.3 Å². The molecule has 1 aromatic heterocycles. The zero-order chi connectivity index (χ0) is 19.4. The van der Waals surface area contributed by atoms with E-state index in [2.05, 4.69) is 20.8 Å². The van der Waals surface area contributed by atoms with Gasteiger partial charge in [-0.3, -0.25) is 4.79 Å². The Morgan fingerprint density at radius 2 is 1.96 bits per heavy atom. The number of nitrogens with zero attached hydrogens (tertiary/aromatic N) is 5. The summed E-state index contributed by atoms with van der Waals surface area (Å²) in [5.41, 5.74) is 0.870. The molecule has 3 rings (SSSR count). The van der Waals surface area contributed by atoms with Crippen LogP contribution in [0.2, 0.25) is 0 Å². The van der Waals surface area contributed by atoms with E-state index >= 15 is 0 Å². The smallest absolute Gasteiger partial charge is 0.253 e. The van der Waals surface area contributed by atoms with Crippen molar-refractivity contribution in [3.63, 3.8) is 0 Å². The Kier molecular flexibility index (Phi) is 5.82. The number of benzene rings is 1. The van der Waals surface area contributed by atoms with Gasteiger partial charge in [0.1, 0.15) is 6.33 Å². The van der Waals surface area contributed by atoms with Crippen molar-refractivity contribution in [3.8, 4) is 5.69 Å². The fourth-order valence-electron chi connectivity index (χ4n) is 3.01. The van der Waals surface area contributed by atoms with Gasteiger partial charge in [-0.25, -0.2) is 8.42 Å². The number of para-hydroxylation sites is 1. The minimum atomic E-state index is -3.48. The fraction of sp³-hybridized carbons (Fsp3) is 0.500. The van der Waals surface area contributed by atoms with E-state index in [0.717, 1.165) is 0 Å². The van der Waals surface area contributed by atoms with Crippen LogP contribution in [0, 0.1) is 0 Å². The molecular formula is C16H22N6O4S. The van der Waals surface area contributed by atoms with E-state index in [1.165, 1.54) is 15.3 Å². The van der Waals surface area contributed by atoms with Gasteiger partial charge in [0.15, 0.2) is 0 Å². The molecule has 2 heterocycles. The molecule has 1 aromatic carbocycles. The lowest BCUT2D eigenvalue weighted by Gasteiger charge is -2.34. The number of rotatable bonds is 6. The van der Waals surface area contributed by atoms with Crippen LogP contribution in [0.25, 0.3) is 5.69 Å². The highest BCUT2D eigenvalue weighted by Gasteiger charge is 2.30. The van der Waals surface area contributed by atoms with Crippen LogP contribution in [-0.2, 0) is 14.8 Å². The zero-order valence-corrected chi connectivity index (χ0v) is 16.0. The molecule has 2 aromatic rings. The third-order valence-corrected chi connectivity index (χ3v) is 5.97. The number of carbonyl (C=O) groups is 1. The third kappa shape index (κ3) is 4.67. The van der Waals surface area contributed by atoms with Crippen LogP contribution < -0.4 is 5.32 Å². The lowest BCUT2D eigenvalue weighted by molar-refractivity contribution is -0.0440. The first-order chi connectivity index (χ1) is 12.9. The second kappa shape index (κ2) is 8.11. The van der Waals surface area contributed by atoms with Gasteiger partial charge in [-0.15, -0.1) is 5.10 Å². The molecule has 1 fully saturated rings. The van der Waals surface area contributed by atoms with Crippen molar-refractivity contribution in [1.29, 1.82) is 0 Å². The van der Waals surface area contributed by atoms with Crippen LogP contribution in [0.15, 0.2) is 30.6 Å². The summed E-state index contributed by atoms with van der Waals surface area (Å²) in [5, 5.41) is 13.6. The van der Waals surface area contributed by atoms with Crippen LogP contribution in [0.5, 0.6) is 0 Å². The van der Waals surface area contributed by atoms with Crippen molar-refractivity contribution in [2.75, 3.05) is 25.4 Å². The van der Waals surface area contributed by atoms with Gasteiger partial charge in [0.05, 0.1) is 29.2 Å². The second-order valence-electron chi connectivity index (χ2n) is 6.42. The molecule has 1 saturated heterocycles. The number of hydrogen-bond donors (Lipinski definition) is 1. The van der Waals surface area contributed by atoms with Gasteiger partial charge in [-0.2, -0.15) is 8.99 Å². The van der Waals surface area contributed by atoms with Crippen LogP contribution in [0.3, 0.4) is 0 Å². The van der Waals surface area contributed by atoms with Crippen LogP contribution in [-0.4, -0.2) is 76.4 Å². The molecule has 10 nitrogen and oxygen atoms in total. The zero-order valence-electron chi connectivity index (χ0n) is 15.1. The Labute approximate surface area is 157 Å². The number of amides is 1. The van der Waals surface area contributed by atoms with Gasteiger partial charge in [-0.05, 0) is 36.4 Å². The lowest BCUT2D eigenvalue weighted by Crippen LogP contribution is -2.49. The number of nitrogens with one attached hydrogen (secondary N) is 1. The van der Waals surface area contributed by atoms with Crippen LogP contribution >= 0.6 is 0 Å². The minimum absolute atomic E-state index is 0.00519. The highest BCUT2D eigenvalue weighted by Crippen LogP contribution is 2.15. The lowest BCUT2D eigenvalue weighted by atomic mass is 10.1. The van der Waals surface area contributed by atoms with Crippen molar-refractivity contribution in [2.45, 2.75) is 26.1 Å². The summed E-state index contributed by atoms with van der Waals surface area (Å²) >= 11 is 0. The maximum Gasteiger partial charge on any atom is 0.253 e. The van der Waals surface area contributed by atoms with Gasteiger partial charge in [0, 0.05) is 19.6 Å². The molecule has 0 saturated carbocycles. The summed E-state index contributed by atoms with van der Waals surface area (Å²) in [6.45, 7) is 4.34. The largest absolute Gasteiger partial charge is 0.373 e. The maximum atomic E-state index is 12.5. The number of aromatic nitrogens is 4. The highest BCUT2D eigenvalue weighted by molar-refractivity contribution is 7.89. The molecule has 146 valence electrons. The number of tetrazole rings is 1. The monoisotopic (exact) mass is 394 g/mol. The second-order valence-corrected chi connectivity index (χ2v) is 8.51. The van der Waals surface area contributed by atoms with E-state index in [9.17, 15) is 13.2 Å². The molecule has 2 atom stereocenters. The average molecular weight is 394 g/mol. The first-order valence-electron chi connectivity index (χ1n) is 8.60. The Hall–Kier alpha value is -2.37. The molecule has 0 aliphatic carbocycles. The first-order valence-corrected chi connectivity index (χ1v) is 10.2. The summed E-state index contributed by atoms with van der Waals surface area (Å²) in [5.74, 6) is -0.564. The molecule has 0 radical (unpaired) electrons. The molecule has 1 aliphatic rings. The standard InChI is InChI=1S/C16H22N6O4S/c1-12-9-21(10-13(2)26-12)27(24,25)8-7-17-16(23)14-5-3-4-6-15(14)22-11-18-19-20-22/h3-6,11-13H,7-10H2,1-2H3,(H,17,23). The summed E-state index contributed by atoms with van der Waals surface area (Å²) in [6, 6.07) is 6.82. The highest BCUT2D eigenvalue weighted by atomic mass is 32.2. The van der Waals surface area contributed by atoms with E-state index in [1.807, 2.05) is 13.8 Å². The number of ether oxygens (including phenoxy) is 1. The van der Waals surface area contributed by atoms with Crippen LogP contribution in [0.4, 0.5) is 0 Å². The van der Waals surface area contributed by atoms with Gasteiger partial charge in [0.25, 0.3) is 5.91 Å². The van der Waals surface area contributed by atoms with E-state index in [1.54, 1.807) is 24.3 Å². The summed E-state index contributed by atoms with van der Waals surface area (Å²) in [7, 11) is -3.48. The van der Waals surface area contributed by atoms with Gasteiger partial charge < -0.3 is 10.1 Å². The quantitative estimate of drug-likeness (QED) is 0.722. The fourth-order valence-corrected chi connectivity index (χ4v) is 4.51. The summed E-state index contributed by atoms with van der Waals surface area (Å²) in [6.07, 6.45) is 1.08. The first kappa shape index (κ1) is 19.4. The molecule has 1 amide bonds. The van der Waals surface area contributed by atoms with E-state index in [-0.39, 0.29) is 30.4 Å². The van der Waals surface area contributed by atoms with Gasteiger partial charge in [-0.1, -0.05) is 12.1 Å². The Balaban J connectivity index is 1.62. The molecule has 11 heteroatoms. The summed E-state index contributed by atoms with van der Waals surface area (Å²) in [4.78, 5) is 12.5. The van der Waals surface area contributed by atoms with Crippen molar-refractivity contribution in [3.05, 3.63) is 36.2 Å². The number of sulfonamides is 1. The predicted octanol–water partition coefficient (Wildman–Crippen LogP) is -0.169. The van der Waals surface area contributed by atoms with Gasteiger partial charge in [0.2, 0.25) is 10.0 Å². The average Bonchev–Trinajstić information content (AvgIpc) is 3.15. The Morgan fingerprint density at radius 3 is 2.63 bits per heavy atom. The van der Waals surface area contributed by atoms with Crippen LogP contribution in [0.1, 0.15) is 24.2 Å². The molecule has 1 aliphatic heterocycles. The molecule has 1 N–H and O–H groups in total. The van der Waals surface area contributed by atoms with Crippen molar-refractivity contribution in [1.82, 2.24) is 29.8 Å². The number of carbonyl (C=O) groups excluding carboxylic acids is 1. The van der Waals surface area contributed by atoms with E-state index < -0.39 is 10.0 Å². The predicted molar refractivity (Wildman–Crippen MR) is 96.9 cm³/mol. The molecular weight excluding hydrogens is 372 g/mol. The van der Waals surface area contributed by atoms with Crippen molar-refractivity contribution in [2.24, 2.45) is 0 Å². The Bertz CT molecular complexity index is 876. The topological polar surface area (TPSA) is 119 Å².